The maximum atomic E-state index is 11.9. The first-order valence-corrected chi connectivity index (χ1v) is 17.5. The quantitative estimate of drug-likeness (QED) is 0.0410. The van der Waals surface area contributed by atoms with E-state index in [9.17, 15) is 14.4 Å². The molecule has 0 aliphatic carbocycles. The first-order valence-electron chi connectivity index (χ1n) is 15.3. The molecule has 5 rings (SSSR count). The fourth-order valence-corrected chi connectivity index (χ4v) is 4.91. The SMILES string of the molecule is C#CC(=O)OCC.O=C(/C=C\Oc1ccc(Cl)cc1Cl)CCc1nc2ccccc2[nH]1.O=C(O)/C=C\Oc1ccc(Cl)cc1Cl.Oc1ccc(Cl)cc1Cl. The molecule has 3 N–H and O–H groups in total. The van der Waals surface area contributed by atoms with Crippen LogP contribution in [0.2, 0.25) is 30.1 Å². The number of ketones is 1. The van der Waals surface area contributed by atoms with E-state index in [1.165, 1.54) is 30.5 Å². The van der Waals surface area contributed by atoms with Gasteiger partial charge < -0.3 is 29.4 Å². The number of fused-ring (bicyclic) bond motifs is 1. The number of aromatic amines is 1. The van der Waals surface area contributed by atoms with Gasteiger partial charge >= 0.3 is 11.9 Å². The van der Waals surface area contributed by atoms with E-state index in [0.29, 0.717) is 56.1 Å². The number of H-pyrrole nitrogens is 1. The second kappa shape index (κ2) is 24.5. The lowest BCUT2D eigenvalue weighted by Crippen LogP contribution is -1.98. The van der Waals surface area contributed by atoms with Gasteiger partial charge in [-0.2, -0.15) is 0 Å². The van der Waals surface area contributed by atoms with E-state index in [1.54, 1.807) is 49.2 Å². The number of para-hydroxylation sites is 2. The van der Waals surface area contributed by atoms with Crippen molar-refractivity contribution in [1.29, 1.82) is 0 Å². The molecule has 4 aromatic carbocycles. The molecule has 0 unspecified atom stereocenters. The molecule has 5 aromatic rings. The number of allylic oxidation sites excluding steroid dienone is 1. The number of halogens is 6. The lowest BCUT2D eigenvalue weighted by atomic mass is 10.2. The van der Waals surface area contributed by atoms with Gasteiger partial charge in [0.1, 0.15) is 23.1 Å². The van der Waals surface area contributed by atoms with E-state index < -0.39 is 11.9 Å². The van der Waals surface area contributed by atoms with Gasteiger partial charge in [-0.05, 0) is 73.7 Å². The zero-order chi connectivity index (χ0) is 40.0. The molecule has 10 nitrogen and oxygen atoms in total. The number of terminal acetylenes is 1. The largest absolute Gasteiger partial charge is 0.506 e. The van der Waals surface area contributed by atoms with Gasteiger partial charge in [0.2, 0.25) is 0 Å². The number of hydrogen-bond acceptors (Lipinski definition) is 8. The molecule has 0 atom stereocenters. The summed E-state index contributed by atoms with van der Waals surface area (Å²) in [7, 11) is 0. The van der Waals surface area contributed by atoms with Crippen LogP contribution in [0.25, 0.3) is 11.0 Å². The number of phenolic OH excluding ortho intramolecular Hbond substituents is 1. The number of carboxylic acids is 1. The van der Waals surface area contributed by atoms with Crippen molar-refractivity contribution in [3.8, 4) is 29.6 Å². The number of benzene rings is 4. The van der Waals surface area contributed by atoms with Crippen LogP contribution in [0.1, 0.15) is 19.2 Å². The highest BCUT2D eigenvalue weighted by Gasteiger charge is 2.06. The summed E-state index contributed by atoms with van der Waals surface area (Å²) in [6, 6.07) is 21.8. The molecule has 1 heterocycles. The normalized spacial score (nSPS) is 10.2. The molecular weight excluding hydrogens is 825 g/mol. The van der Waals surface area contributed by atoms with Crippen molar-refractivity contribution in [2.75, 3.05) is 6.61 Å². The van der Waals surface area contributed by atoms with E-state index in [2.05, 4.69) is 21.1 Å². The van der Waals surface area contributed by atoms with Gasteiger partial charge in [0.15, 0.2) is 5.78 Å². The fraction of sp³-hybridized carbons (Fsp3) is 0.105. The van der Waals surface area contributed by atoms with Crippen LogP contribution in [0.3, 0.4) is 0 Å². The van der Waals surface area contributed by atoms with Crippen molar-refractivity contribution in [2.24, 2.45) is 0 Å². The number of esters is 1. The van der Waals surface area contributed by atoms with Crippen LogP contribution in [0.15, 0.2) is 104 Å². The highest BCUT2D eigenvalue weighted by Crippen LogP contribution is 2.29. The Morgan fingerprint density at radius 2 is 1.33 bits per heavy atom. The lowest BCUT2D eigenvalue weighted by Gasteiger charge is -2.02. The van der Waals surface area contributed by atoms with E-state index in [-0.39, 0.29) is 16.6 Å². The molecule has 0 fully saturated rings. The van der Waals surface area contributed by atoms with E-state index in [0.717, 1.165) is 29.2 Å². The molecule has 0 bridgehead atoms. The summed E-state index contributed by atoms with van der Waals surface area (Å²) in [5.74, 6) is 1.72. The Labute approximate surface area is 340 Å². The number of hydrogen-bond donors (Lipinski definition) is 3. The van der Waals surface area contributed by atoms with Crippen LogP contribution < -0.4 is 9.47 Å². The van der Waals surface area contributed by atoms with Crippen molar-refractivity contribution >= 4 is 98.4 Å². The summed E-state index contributed by atoms with van der Waals surface area (Å²) in [4.78, 5) is 39.6. The van der Waals surface area contributed by atoms with Crippen LogP contribution in [0, 0.1) is 12.3 Å². The monoisotopic (exact) mass is 852 g/mol. The van der Waals surface area contributed by atoms with Gasteiger partial charge in [-0.15, -0.1) is 6.42 Å². The first kappa shape index (κ1) is 45.3. The van der Waals surface area contributed by atoms with Crippen LogP contribution >= 0.6 is 69.6 Å². The summed E-state index contributed by atoms with van der Waals surface area (Å²) in [5, 5.41) is 19.7. The smallest absolute Gasteiger partial charge is 0.384 e. The maximum Gasteiger partial charge on any atom is 0.384 e. The third-order valence-electron chi connectivity index (χ3n) is 5.99. The van der Waals surface area contributed by atoms with E-state index in [1.807, 2.05) is 24.3 Å². The molecule has 1 aromatic heterocycles. The number of phenols is 1. The zero-order valence-corrected chi connectivity index (χ0v) is 32.6. The number of carbonyl (C=O) groups excluding carboxylic acids is 2. The second-order valence-corrected chi connectivity index (χ2v) is 12.5. The van der Waals surface area contributed by atoms with Gasteiger partial charge in [-0.25, -0.2) is 14.6 Å². The fourth-order valence-electron chi connectivity index (χ4n) is 3.59. The summed E-state index contributed by atoms with van der Waals surface area (Å²) in [5.41, 5.74) is 1.87. The molecule has 282 valence electrons. The predicted octanol–water partition coefficient (Wildman–Crippen LogP) is 10.8. The third-order valence-corrected chi connectivity index (χ3v) is 7.59. The van der Waals surface area contributed by atoms with Crippen LogP contribution in [0.4, 0.5) is 0 Å². The maximum absolute atomic E-state index is 11.9. The molecule has 0 spiro atoms. The van der Waals surface area contributed by atoms with Crippen LogP contribution in [0.5, 0.6) is 17.2 Å². The van der Waals surface area contributed by atoms with Crippen LogP contribution in [-0.4, -0.2) is 44.5 Å². The van der Waals surface area contributed by atoms with Gasteiger partial charge in [-0.1, -0.05) is 81.7 Å². The number of nitrogens with one attached hydrogen (secondary N) is 1. The number of carboxylic acid groups (broad SMARTS) is 1. The molecular formula is C38H30Cl6N2O8. The first-order chi connectivity index (χ1) is 25.7. The molecule has 54 heavy (non-hydrogen) atoms. The molecule has 0 aliphatic heterocycles. The highest BCUT2D eigenvalue weighted by atomic mass is 35.5. The Morgan fingerprint density at radius 3 is 1.80 bits per heavy atom. The Bertz CT molecular complexity index is 2100. The Hall–Kier alpha value is -4.86. The minimum atomic E-state index is -1.09. The summed E-state index contributed by atoms with van der Waals surface area (Å²) in [6.45, 7) is 2.05. The van der Waals surface area contributed by atoms with Gasteiger partial charge in [0.25, 0.3) is 0 Å². The molecule has 0 aliphatic rings. The number of aromatic nitrogens is 2. The minimum absolute atomic E-state index is 0.0551. The summed E-state index contributed by atoms with van der Waals surface area (Å²) < 4.78 is 14.6. The molecule has 0 radical (unpaired) electrons. The molecule has 0 saturated heterocycles. The number of nitrogens with zero attached hydrogens (tertiary/aromatic N) is 1. The number of rotatable bonds is 10. The van der Waals surface area contributed by atoms with Crippen molar-refractivity contribution in [1.82, 2.24) is 9.97 Å². The van der Waals surface area contributed by atoms with Crippen molar-refractivity contribution in [3.05, 3.63) is 139 Å². The minimum Gasteiger partial charge on any atom is -0.506 e. The average Bonchev–Trinajstić information content (AvgIpc) is 3.55. The average molecular weight is 855 g/mol. The third kappa shape index (κ3) is 17.8. The van der Waals surface area contributed by atoms with E-state index in [4.69, 9.17) is 89.3 Å². The topological polar surface area (TPSA) is 148 Å². The number of aryl methyl sites for hydroxylation is 1. The van der Waals surface area contributed by atoms with Gasteiger partial charge in [0, 0.05) is 39.9 Å². The molecule has 0 saturated carbocycles. The van der Waals surface area contributed by atoms with Crippen LogP contribution in [-0.2, 0) is 25.5 Å². The molecule has 16 heteroatoms. The van der Waals surface area contributed by atoms with Gasteiger partial charge in [0.05, 0.1) is 51.3 Å². The number of carbonyl (C=O) groups is 3. The number of aromatic hydroxyl groups is 1. The summed E-state index contributed by atoms with van der Waals surface area (Å²) >= 11 is 34.2. The second-order valence-electron chi connectivity index (χ2n) is 9.96. The predicted molar refractivity (Wildman–Crippen MR) is 213 cm³/mol. The number of ether oxygens (including phenoxy) is 3. The number of aliphatic carboxylic acids is 1. The highest BCUT2D eigenvalue weighted by molar-refractivity contribution is 6.36. The molecule has 0 amide bonds. The Kier molecular flexibility index (Phi) is 20.5. The Balaban J connectivity index is 0.000000283. The van der Waals surface area contributed by atoms with Crippen molar-refractivity contribution in [2.45, 2.75) is 19.8 Å². The summed E-state index contributed by atoms with van der Waals surface area (Å²) in [6.07, 6.45) is 10.1. The lowest BCUT2D eigenvalue weighted by molar-refractivity contribution is -0.136. The number of imidazole rings is 1. The zero-order valence-electron chi connectivity index (χ0n) is 28.1. The Morgan fingerprint density at radius 1 is 0.796 bits per heavy atom. The van der Waals surface area contributed by atoms with Gasteiger partial charge in [-0.3, -0.25) is 4.79 Å². The standard InChI is InChI=1S/C18H14Cl2N2O2.C9H6Cl2O3.C6H4Cl2O.C5H6O2/c19-12-5-7-17(14(20)11-12)24-10-9-13(23)6-8-18-21-15-3-1-2-4-16(15)22-18;10-6-1-2-8(7(11)5-6)14-4-3-9(12)13;7-4-1-2-6(9)5(8)3-4;1-3-5(6)7-4-2/h1-5,7,9-11H,6,8H2,(H,21,22);1-5H,(H,12,13);1-3,9H;1H,4H2,2H3/b10-9-;4-3-;;. The van der Waals surface area contributed by atoms with Crippen molar-refractivity contribution < 1.29 is 38.8 Å². The van der Waals surface area contributed by atoms with Crippen molar-refractivity contribution in [3.63, 3.8) is 0 Å². The van der Waals surface area contributed by atoms with E-state index >= 15 is 0 Å².